The molecule has 1 aliphatic heterocycles. The van der Waals surface area contributed by atoms with Crippen LogP contribution in [-0.4, -0.2) is 15.9 Å². The summed E-state index contributed by atoms with van der Waals surface area (Å²) in [6.07, 6.45) is 0. The van der Waals surface area contributed by atoms with Gasteiger partial charge in [0.1, 0.15) is 11.1 Å². The van der Waals surface area contributed by atoms with Gasteiger partial charge < -0.3 is 0 Å². The predicted octanol–water partition coefficient (Wildman–Crippen LogP) is 2.48. The molecule has 0 aromatic heterocycles. The van der Waals surface area contributed by atoms with Crippen LogP contribution >= 0.6 is 0 Å². The van der Waals surface area contributed by atoms with E-state index in [-0.39, 0.29) is 17.0 Å². The van der Waals surface area contributed by atoms with Gasteiger partial charge in [0, 0.05) is 5.69 Å². The number of hydrogen-bond donors (Lipinski definition) is 0. The van der Waals surface area contributed by atoms with E-state index in [1.807, 2.05) is 60.7 Å². The van der Waals surface area contributed by atoms with Crippen molar-refractivity contribution in [1.29, 1.82) is 0 Å². The Morgan fingerprint density at radius 2 is 1.53 bits per heavy atom. The number of rotatable bonds is 2. The van der Waals surface area contributed by atoms with Crippen molar-refractivity contribution >= 4 is 22.4 Å². The maximum absolute atomic E-state index is 12.2. The molecule has 3 rings (SSSR count). The second-order valence-electron chi connectivity index (χ2n) is 4.39. The van der Waals surface area contributed by atoms with Gasteiger partial charge in [0.05, 0.1) is 10.8 Å². The number of nitrogens with zero attached hydrogens (tertiary/aromatic N) is 1. The molecule has 1 heterocycles. The summed E-state index contributed by atoms with van der Waals surface area (Å²) in [5.74, 6) is 0.00689. The molecule has 96 valence electrons. The molecule has 4 heteroatoms. The summed E-state index contributed by atoms with van der Waals surface area (Å²) in [6, 6.07) is 18.9. The standard InChI is InChI=1S/C15H13NO2S/c17-14-11-19(18)15(12-7-3-1-4-8-12)16(14)13-9-5-2-6-10-13/h1-10,15H,11H2. The maximum Gasteiger partial charge on any atom is 0.241 e. The zero-order valence-corrected chi connectivity index (χ0v) is 11.0. The van der Waals surface area contributed by atoms with E-state index in [4.69, 9.17) is 0 Å². The largest absolute Gasteiger partial charge is 0.292 e. The Morgan fingerprint density at radius 1 is 0.947 bits per heavy atom. The minimum Gasteiger partial charge on any atom is -0.292 e. The molecule has 1 saturated heterocycles. The van der Waals surface area contributed by atoms with Crippen LogP contribution in [0.15, 0.2) is 60.7 Å². The van der Waals surface area contributed by atoms with Gasteiger partial charge in [0.2, 0.25) is 5.91 Å². The lowest BCUT2D eigenvalue weighted by molar-refractivity contribution is -0.115. The molecule has 19 heavy (non-hydrogen) atoms. The molecule has 0 aliphatic carbocycles. The zero-order chi connectivity index (χ0) is 13.2. The van der Waals surface area contributed by atoms with Crippen molar-refractivity contribution in [3.63, 3.8) is 0 Å². The van der Waals surface area contributed by atoms with Gasteiger partial charge in [-0.3, -0.25) is 13.9 Å². The third kappa shape index (κ3) is 2.19. The SMILES string of the molecule is O=C1CS(=O)C(c2ccccc2)N1c1ccccc1. The molecular formula is C15H13NO2S. The fourth-order valence-electron chi connectivity index (χ4n) is 2.31. The van der Waals surface area contributed by atoms with Gasteiger partial charge in [-0.1, -0.05) is 48.5 Å². The van der Waals surface area contributed by atoms with Crippen LogP contribution in [-0.2, 0) is 15.6 Å². The van der Waals surface area contributed by atoms with E-state index in [1.54, 1.807) is 4.90 Å². The molecule has 1 aliphatic rings. The smallest absolute Gasteiger partial charge is 0.241 e. The molecule has 0 radical (unpaired) electrons. The van der Waals surface area contributed by atoms with E-state index in [2.05, 4.69) is 0 Å². The Labute approximate surface area is 114 Å². The van der Waals surface area contributed by atoms with Crippen LogP contribution in [0.5, 0.6) is 0 Å². The molecule has 0 saturated carbocycles. The van der Waals surface area contributed by atoms with Crippen molar-refractivity contribution in [1.82, 2.24) is 0 Å². The molecule has 1 fully saturated rings. The van der Waals surface area contributed by atoms with Crippen molar-refractivity contribution in [3.05, 3.63) is 66.2 Å². The highest BCUT2D eigenvalue weighted by Crippen LogP contribution is 2.34. The third-order valence-electron chi connectivity index (χ3n) is 3.14. The first-order valence-corrected chi connectivity index (χ1v) is 7.45. The van der Waals surface area contributed by atoms with Gasteiger partial charge in [0.25, 0.3) is 0 Å². The van der Waals surface area contributed by atoms with Gasteiger partial charge in [-0.15, -0.1) is 0 Å². The minimum atomic E-state index is -1.20. The number of benzene rings is 2. The summed E-state index contributed by atoms with van der Waals surface area (Å²) >= 11 is 0. The number of anilines is 1. The maximum atomic E-state index is 12.2. The van der Waals surface area contributed by atoms with Crippen LogP contribution in [0.25, 0.3) is 0 Å². The number of amides is 1. The van der Waals surface area contributed by atoms with Crippen molar-refractivity contribution in [2.45, 2.75) is 5.37 Å². The number of para-hydroxylation sites is 1. The zero-order valence-electron chi connectivity index (χ0n) is 10.2. The molecule has 0 spiro atoms. The quantitative estimate of drug-likeness (QED) is 0.841. The average Bonchev–Trinajstić information content (AvgIpc) is 2.75. The summed E-state index contributed by atoms with van der Waals surface area (Å²) in [5, 5.41) is -0.379. The summed E-state index contributed by atoms with van der Waals surface area (Å²) in [7, 11) is -1.20. The van der Waals surface area contributed by atoms with Gasteiger partial charge in [-0.2, -0.15) is 0 Å². The van der Waals surface area contributed by atoms with Crippen molar-refractivity contribution in [3.8, 4) is 0 Å². The predicted molar refractivity (Wildman–Crippen MR) is 76.1 cm³/mol. The van der Waals surface area contributed by atoms with Crippen LogP contribution in [0.2, 0.25) is 0 Å². The lowest BCUT2D eigenvalue weighted by Crippen LogP contribution is -2.28. The van der Waals surface area contributed by atoms with Gasteiger partial charge >= 0.3 is 0 Å². The number of carbonyl (C=O) groups excluding carboxylic acids is 1. The Balaban J connectivity index is 2.06. The normalized spacial score (nSPS) is 22.7. The van der Waals surface area contributed by atoms with Crippen molar-refractivity contribution in [2.75, 3.05) is 10.7 Å². The first kappa shape index (κ1) is 12.1. The average molecular weight is 271 g/mol. The number of carbonyl (C=O) groups is 1. The van der Waals surface area contributed by atoms with Crippen LogP contribution in [0.3, 0.4) is 0 Å². The van der Waals surface area contributed by atoms with Crippen LogP contribution in [0, 0.1) is 0 Å². The second kappa shape index (κ2) is 4.97. The molecule has 0 bridgehead atoms. The molecular weight excluding hydrogens is 258 g/mol. The highest BCUT2D eigenvalue weighted by Gasteiger charge is 2.39. The molecule has 0 N–H and O–H groups in total. The number of hydrogen-bond acceptors (Lipinski definition) is 2. The first-order chi connectivity index (χ1) is 9.27. The van der Waals surface area contributed by atoms with E-state index >= 15 is 0 Å². The van der Waals surface area contributed by atoms with Gasteiger partial charge in [-0.25, -0.2) is 0 Å². The van der Waals surface area contributed by atoms with Gasteiger partial charge in [0.15, 0.2) is 0 Å². The van der Waals surface area contributed by atoms with E-state index in [0.717, 1.165) is 11.3 Å². The van der Waals surface area contributed by atoms with Crippen LogP contribution < -0.4 is 4.90 Å². The summed E-state index contributed by atoms with van der Waals surface area (Å²) < 4.78 is 12.2. The highest BCUT2D eigenvalue weighted by atomic mass is 32.2. The summed E-state index contributed by atoms with van der Waals surface area (Å²) in [4.78, 5) is 13.7. The van der Waals surface area contributed by atoms with Crippen molar-refractivity contribution < 1.29 is 9.00 Å². The third-order valence-corrected chi connectivity index (χ3v) is 4.65. The molecule has 2 atom stereocenters. The fraction of sp³-hybridized carbons (Fsp3) is 0.133. The van der Waals surface area contributed by atoms with Gasteiger partial charge in [-0.05, 0) is 17.7 Å². The Kier molecular flexibility index (Phi) is 3.17. The molecule has 2 aromatic rings. The Morgan fingerprint density at radius 3 is 2.16 bits per heavy atom. The van der Waals surface area contributed by atoms with Crippen LogP contribution in [0.4, 0.5) is 5.69 Å². The monoisotopic (exact) mass is 271 g/mol. The van der Waals surface area contributed by atoms with Crippen molar-refractivity contribution in [2.24, 2.45) is 0 Å². The topological polar surface area (TPSA) is 37.4 Å². The summed E-state index contributed by atoms with van der Waals surface area (Å²) in [6.45, 7) is 0. The molecule has 3 nitrogen and oxygen atoms in total. The molecule has 2 aromatic carbocycles. The molecule has 1 amide bonds. The lowest BCUT2D eigenvalue weighted by atomic mass is 10.2. The molecule has 2 unspecified atom stereocenters. The van der Waals surface area contributed by atoms with E-state index in [1.165, 1.54) is 0 Å². The lowest BCUT2D eigenvalue weighted by Gasteiger charge is -2.23. The highest BCUT2D eigenvalue weighted by molar-refractivity contribution is 7.86. The first-order valence-electron chi connectivity index (χ1n) is 6.06. The Hall–Kier alpha value is -1.94. The summed E-state index contributed by atoms with van der Waals surface area (Å²) in [5.41, 5.74) is 1.71. The fourth-order valence-corrected chi connectivity index (χ4v) is 3.78. The van der Waals surface area contributed by atoms with E-state index < -0.39 is 10.8 Å². The minimum absolute atomic E-state index is 0.0848. The van der Waals surface area contributed by atoms with E-state index in [0.29, 0.717) is 0 Å². The Bertz CT molecular complexity index is 557. The van der Waals surface area contributed by atoms with Crippen LogP contribution in [0.1, 0.15) is 10.9 Å². The van der Waals surface area contributed by atoms with E-state index in [9.17, 15) is 9.00 Å². The second-order valence-corrected chi connectivity index (χ2v) is 5.88.